The summed E-state index contributed by atoms with van der Waals surface area (Å²) in [4.78, 5) is 15.9. The smallest absolute Gasteiger partial charge is 0.244 e. The molecule has 1 atom stereocenters. The van der Waals surface area contributed by atoms with Gasteiger partial charge in [0, 0.05) is 12.3 Å². The third kappa shape index (κ3) is 4.02. The summed E-state index contributed by atoms with van der Waals surface area (Å²) in [6.07, 6.45) is 4.64. The fraction of sp³-hybridized carbons (Fsp3) is 0.125. The van der Waals surface area contributed by atoms with E-state index in [1.165, 1.54) is 18.2 Å². The van der Waals surface area contributed by atoms with Gasteiger partial charge in [-0.3, -0.25) is 9.78 Å². The first-order chi connectivity index (χ1) is 9.65. The molecule has 3 nitrogen and oxygen atoms in total. The van der Waals surface area contributed by atoms with Crippen molar-refractivity contribution in [1.29, 1.82) is 0 Å². The average Bonchev–Trinajstić information content (AvgIpc) is 2.46. The van der Waals surface area contributed by atoms with E-state index in [4.69, 9.17) is 0 Å². The van der Waals surface area contributed by atoms with Crippen molar-refractivity contribution in [2.24, 2.45) is 0 Å². The SMILES string of the molecule is CC(NC(=O)/C=C/c1cccc(F)c1)c1ccccn1. The first-order valence-corrected chi connectivity index (χ1v) is 6.30. The van der Waals surface area contributed by atoms with Crippen LogP contribution in [-0.2, 0) is 4.79 Å². The molecule has 2 aromatic rings. The fourth-order valence-corrected chi connectivity index (χ4v) is 1.75. The van der Waals surface area contributed by atoms with Crippen LogP contribution in [0.5, 0.6) is 0 Å². The Balaban J connectivity index is 1.96. The first-order valence-electron chi connectivity index (χ1n) is 6.30. The first kappa shape index (κ1) is 13.9. The number of aromatic nitrogens is 1. The maximum atomic E-state index is 13.0. The van der Waals surface area contributed by atoms with Crippen LogP contribution in [0.2, 0.25) is 0 Å². The van der Waals surface area contributed by atoms with Gasteiger partial charge in [-0.15, -0.1) is 0 Å². The summed E-state index contributed by atoms with van der Waals surface area (Å²) in [5, 5.41) is 2.80. The molecule has 1 aromatic heterocycles. The van der Waals surface area contributed by atoms with Crippen molar-refractivity contribution in [3.8, 4) is 0 Å². The van der Waals surface area contributed by atoms with Crippen molar-refractivity contribution in [3.05, 3.63) is 71.8 Å². The molecule has 0 aliphatic heterocycles. The van der Waals surface area contributed by atoms with Gasteiger partial charge in [-0.2, -0.15) is 0 Å². The molecule has 2 rings (SSSR count). The van der Waals surface area contributed by atoms with Crippen LogP contribution in [0.1, 0.15) is 24.2 Å². The van der Waals surface area contributed by atoms with Crippen LogP contribution in [-0.4, -0.2) is 10.9 Å². The zero-order valence-electron chi connectivity index (χ0n) is 11.1. The van der Waals surface area contributed by atoms with Gasteiger partial charge in [0.05, 0.1) is 11.7 Å². The number of carbonyl (C=O) groups excluding carboxylic acids is 1. The van der Waals surface area contributed by atoms with Crippen LogP contribution < -0.4 is 5.32 Å². The van der Waals surface area contributed by atoms with Gasteiger partial charge in [0.25, 0.3) is 0 Å². The van der Waals surface area contributed by atoms with Crippen LogP contribution >= 0.6 is 0 Å². The van der Waals surface area contributed by atoms with E-state index >= 15 is 0 Å². The second-order valence-corrected chi connectivity index (χ2v) is 4.37. The molecule has 1 N–H and O–H groups in total. The molecule has 0 fully saturated rings. The highest BCUT2D eigenvalue weighted by Gasteiger charge is 2.07. The van der Waals surface area contributed by atoms with Crippen molar-refractivity contribution in [2.45, 2.75) is 13.0 Å². The number of carbonyl (C=O) groups is 1. The van der Waals surface area contributed by atoms with Gasteiger partial charge >= 0.3 is 0 Å². The van der Waals surface area contributed by atoms with Crippen LogP contribution in [0.4, 0.5) is 4.39 Å². The number of hydrogen-bond acceptors (Lipinski definition) is 2. The third-order valence-electron chi connectivity index (χ3n) is 2.77. The van der Waals surface area contributed by atoms with Crippen LogP contribution in [0.3, 0.4) is 0 Å². The lowest BCUT2D eigenvalue weighted by Crippen LogP contribution is -2.25. The third-order valence-corrected chi connectivity index (χ3v) is 2.77. The molecule has 4 heteroatoms. The Kier molecular flexibility index (Phi) is 4.60. The quantitative estimate of drug-likeness (QED) is 0.867. The number of nitrogens with zero attached hydrogens (tertiary/aromatic N) is 1. The van der Waals surface area contributed by atoms with Crippen LogP contribution in [0.15, 0.2) is 54.7 Å². The van der Waals surface area contributed by atoms with Crippen molar-refractivity contribution < 1.29 is 9.18 Å². The van der Waals surface area contributed by atoms with Crippen molar-refractivity contribution >= 4 is 12.0 Å². The molecule has 102 valence electrons. The van der Waals surface area contributed by atoms with Gasteiger partial charge in [0.1, 0.15) is 5.82 Å². The molecular formula is C16H15FN2O. The molecule has 0 saturated carbocycles. The summed E-state index contributed by atoms with van der Waals surface area (Å²) in [6.45, 7) is 1.86. The topological polar surface area (TPSA) is 42.0 Å². The molecule has 1 amide bonds. The van der Waals surface area contributed by atoms with Gasteiger partial charge in [-0.05, 0) is 42.8 Å². The summed E-state index contributed by atoms with van der Waals surface area (Å²) in [7, 11) is 0. The van der Waals surface area contributed by atoms with Gasteiger partial charge in [0.2, 0.25) is 5.91 Å². The minimum Gasteiger partial charge on any atom is -0.344 e. The Morgan fingerprint density at radius 1 is 1.30 bits per heavy atom. The van der Waals surface area contributed by atoms with Gasteiger partial charge < -0.3 is 5.32 Å². The van der Waals surface area contributed by atoms with E-state index in [1.54, 1.807) is 24.4 Å². The van der Waals surface area contributed by atoms with E-state index in [2.05, 4.69) is 10.3 Å². The maximum absolute atomic E-state index is 13.0. The molecule has 0 radical (unpaired) electrons. The average molecular weight is 270 g/mol. The maximum Gasteiger partial charge on any atom is 0.244 e. The summed E-state index contributed by atoms with van der Waals surface area (Å²) >= 11 is 0. The number of hydrogen-bond donors (Lipinski definition) is 1. The Labute approximate surface area is 117 Å². The van der Waals surface area contributed by atoms with E-state index in [-0.39, 0.29) is 17.8 Å². The Morgan fingerprint density at radius 3 is 2.85 bits per heavy atom. The van der Waals surface area contributed by atoms with Crippen molar-refractivity contribution in [2.75, 3.05) is 0 Å². The summed E-state index contributed by atoms with van der Waals surface area (Å²) in [5.74, 6) is -0.568. The molecule has 0 aliphatic carbocycles. The van der Waals surface area contributed by atoms with Crippen molar-refractivity contribution in [3.63, 3.8) is 0 Å². The molecule has 20 heavy (non-hydrogen) atoms. The zero-order chi connectivity index (χ0) is 14.4. The minimum atomic E-state index is -0.325. The Hall–Kier alpha value is -2.49. The number of benzene rings is 1. The predicted molar refractivity (Wildman–Crippen MR) is 76.2 cm³/mol. The Morgan fingerprint density at radius 2 is 2.15 bits per heavy atom. The zero-order valence-corrected chi connectivity index (χ0v) is 11.1. The van der Waals surface area contributed by atoms with E-state index in [0.29, 0.717) is 5.56 Å². The molecular weight excluding hydrogens is 255 g/mol. The number of rotatable bonds is 4. The number of pyridine rings is 1. The molecule has 0 aliphatic rings. The molecule has 1 unspecified atom stereocenters. The monoisotopic (exact) mass is 270 g/mol. The normalized spacial score (nSPS) is 12.3. The minimum absolute atomic E-state index is 0.180. The highest BCUT2D eigenvalue weighted by molar-refractivity contribution is 5.91. The lowest BCUT2D eigenvalue weighted by atomic mass is 10.2. The summed E-state index contributed by atoms with van der Waals surface area (Å²) in [6, 6.07) is 11.4. The van der Waals surface area contributed by atoms with E-state index in [1.807, 2.05) is 25.1 Å². The lowest BCUT2D eigenvalue weighted by molar-refractivity contribution is -0.117. The molecule has 0 saturated heterocycles. The largest absolute Gasteiger partial charge is 0.344 e. The second-order valence-electron chi connectivity index (χ2n) is 4.37. The van der Waals surface area contributed by atoms with E-state index in [0.717, 1.165) is 5.69 Å². The van der Waals surface area contributed by atoms with Gasteiger partial charge in [0.15, 0.2) is 0 Å². The molecule has 0 bridgehead atoms. The van der Waals surface area contributed by atoms with Crippen LogP contribution in [0, 0.1) is 5.82 Å². The van der Waals surface area contributed by atoms with Crippen molar-refractivity contribution in [1.82, 2.24) is 10.3 Å². The predicted octanol–water partition coefficient (Wildman–Crippen LogP) is 3.11. The fourth-order valence-electron chi connectivity index (χ4n) is 1.75. The van der Waals surface area contributed by atoms with E-state index in [9.17, 15) is 9.18 Å². The number of amides is 1. The summed E-state index contributed by atoms with van der Waals surface area (Å²) < 4.78 is 13.0. The standard InChI is InChI=1S/C16H15FN2O/c1-12(15-7-2-3-10-18-15)19-16(20)9-8-13-5-4-6-14(17)11-13/h2-12H,1H3,(H,19,20)/b9-8+. The van der Waals surface area contributed by atoms with Gasteiger partial charge in [-0.25, -0.2) is 4.39 Å². The van der Waals surface area contributed by atoms with Gasteiger partial charge in [-0.1, -0.05) is 18.2 Å². The number of halogens is 1. The molecule has 1 aromatic carbocycles. The van der Waals surface area contributed by atoms with Crippen LogP contribution in [0.25, 0.3) is 6.08 Å². The van der Waals surface area contributed by atoms with E-state index < -0.39 is 0 Å². The lowest BCUT2D eigenvalue weighted by Gasteiger charge is -2.11. The Bertz CT molecular complexity index is 611. The highest BCUT2D eigenvalue weighted by atomic mass is 19.1. The molecule has 0 spiro atoms. The second kappa shape index (κ2) is 6.61. The summed E-state index contributed by atoms with van der Waals surface area (Å²) in [5.41, 5.74) is 1.44. The highest BCUT2D eigenvalue weighted by Crippen LogP contribution is 2.08. The number of nitrogens with one attached hydrogen (secondary N) is 1. The molecule has 1 heterocycles.